The summed E-state index contributed by atoms with van der Waals surface area (Å²) >= 11 is 5.94. The monoisotopic (exact) mass is 320 g/mol. The maximum atomic E-state index is 12.1. The highest BCUT2D eigenvalue weighted by atomic mass is 35.5. The van der Waals surface area contributed by atoms with Gasteiger partial charge in [0, 0.05) is 17.3 Å². The summed E-state index contributed by atoms with van der Waals surface area (Å²) in [6.45, 7) is 5.59. The molecule has 0 bridgehead atoms. The van der Waals surface area contributed by atoms with Crippen LogP contribution in [0.4, 0.5) is 5.69 Å². The number of nitrogen functional groups attached to an aromatic ring is 1. The number of sulfonamides is 1. The summed E-state index contributed by atoms with van der Waals surface area (Å²) in [6.07, 6.45) is -0.192. The predicted octanol–water partition coefficient (Wildman–Crippen LogP) is 1.92. The minimum Gasteiger partial charge on any atom is -0.398 e. The molecular formula is C13H21ClN2O3S. The Morgan fingerprint density at radius 2 is 2.00 bits per heavy atom. The van der Waals surface area contributed by atoms with E-state index in [-0.39, 0.29) is 11.4 Å². The summed E-state index contributed by atoms with van der Waals surface area (Å²) in [7, 11) is -3.73. The molecule has 4 N–H and O–H groups in total. The molecule has 0 aromatic heterocycles. The number of aliphatic hydroxyl groups is 1. The van der Waals surface area contributed by atoms with E-state index in [0.717, 1.165) is 0 Å². The van der Waals surface area contributed by atoms with Crippen LogP contribution in [0.25, 0.3) is 0 Å². The largest absolute Gasteiger partial charge is 0.398 e. The van der Waals surface area contributed by atoms with Gasteiger partial charge in [-0.05, 0) is 37.0 Å². The number of nitrogens with one attached hydrogen (secondary N) is 1. The molecule has 0 aliphatic carbocycles. The average molecular weight is 321 g/mol. The van der Waals surface area contributed by atoms with E-state index in [1.54, 1.807) is 6.92 Å². The molecule has 0 fully saturated rings. The van der Waals surface area contributed by atoms with E-state index < -0.39 is 16.1 Å². The normalized spacial score (nSPS) is 13.7. The Hall–Kier alpha value is -0.820. The Kier molecular flexibility index (Phi) is 5.82. The third-order valence-electron chi connectivity index (χ3n) is 2.92. The van der Waals surface area contributed by atoms with Gasteiger partial charge in [-0.1, -0.05) is 25.4 Å². The van der Waals surface area contributed by atoms with Crippen LogP contribution in [0.3, 0.4) is 0 Å². The highest BCUT2D eigenvalue weighted by molar-refractivity contribution is 7.89. The molecule has 1 atom stereocenters. The van der Waals surface area contributed by atoms with Crippen LogP contribution in [0.2, 0.25) is 5.02 Å². The summed E-state index contributed by atoms with van der Waals surface area (Å²) in [5.41, 5.74) is 6.68. The van der Waals surface area contributed by atoms with Gasteiger partial charge in [0.2, 0.25) is 10.0 Å². The second-order valence-electron chi connectivity index (χ2n) is 5.25. The number of halogens is 1. The van der Waals surface area contributed by atoms with Crippen LogP contribution in [0, 0.1) is 12.8 Å². The summed E-state index contributed by atoms with van der Waals surface area (Å²) in [5.74, 6) is 0.291. The first-order valence-electron chi connectivity index (χ1n) is 6.37. The molecule has 1 unspecified atom stereocenters. The molecule has 114 valence electrons. The zero-order valence-electron chi connectivity index (χ0n) is 11.9. The maximum Gasteiger partial charge on any atom is 0.240 e. The van der Waals surface area contributed by atoms with Crippen molar-refractivity contribution in [1.29, 1.82) is 0 Å². The van der Waals surface area contributed by atoms with Gasteiger partial charge in [-0.2, -0.15) is 0 Å². The van der Waals surface area contributed by atoms with Gasteiger partial charge in [-0.25, -0.2) is 13.1 Å². The summed E-state index contributed by atoms with van der Waals surface area (Å²) in [5, 5.41) is 10.0. The van der Waals surface area contributed by atoms with Crippen molar-refractivity contribution < 1.29 is 13.5 Å². The number of anilines is 1. The van der Waals surface area contributed by atoms with Crippen molar-refractivity contribution in [2.75, 3.05) is 12.3 Å². The van der Waals surface area contributed by atoms with Gasteiger partial charge in [0.15, 0.2) is 0 Å². The lowest BCUT2D eigenvalue weighted by molar-refractivity contribution is 0.152. The van der Waals surface area contributed by atoms with Crippen molar-refractivity contribution in [3.63, 3.8) is 0 Å². The zero-order valence-corrected chi connectivity index (χ0v) is 13.4. The molecule has 0 spiro atoms. The Morgan fingerprint density at radius 1 is 1.40 bits per heavy atom. The van der Waals surface area contributed by atoms with Crippen molar-refractivity contribution in [2.24, 2.45) is 5.92 Å². The van der Waals surface area contributed by atoms with Gasteiger partial charge in [0.05, 0.1) is 11.0 Å². The van der Waals surface area contributed by atoms with Crippen LogP contribution in [0.1, 0.15) is 25.8 Å². The quantitative estimate of drug-likeness (QED) is 0.698. The number of hydrogen-bond acceptors (Lipinski definition) is 4. The topological polar surface area (TPSA) is 92.4 Å². The van der Waals surface area contributed by atoms with Gasteiger partial charge in [0.1, 0.15) is 0 Å². The molecule has 0 radical (unpaired) electrons. The Morgan fingerprint density at radius 3 is 2.50 bits per heavy atom. The first-order valence-corrected chi connectivity index (χ1v) is 8.23. The lowest BCUT2D eigenvalue weighted by atomic mass is 10.1. The molecule has 0 aliphatic heterocycles. The van der Waals surface area contributed by atoms with Crippen molar-refractivity contribution in [1.82, 2.24) is 4.72 Å². The molecule has 0 aliphatic rings. The van der Waals surface area contributed by atoms with E-state index in [1.165, 1.54) is 12.1 Å². The van der Waals surface area contributed by atoms with Gasteiger partial charge in [-0.3, -0.25) is 0 Å². The van der Waals surface area contributed by atoms with Gasteiger partial charge >= 0.3 is 0 Å². The smallest absolute Gasteiger partial charge is 0.240 e. The number of aliphatic hydroxyl groups excluding tert-OH is 1. The summed E-state index contributed by atoms with van der Waals surface area (Å²) in [4.78, 5) is 0.00217. The van der Waals surface area contributed by atoms with E-state index in [0.29, 0.717) is 28.6 Å². The SMILES string of the molecule is Cc1c(N)cc(S(=O)(=O)NCC(O)CC(C)C)cc1Cl. The van der Waals surface area contributed by atoms with Crippen LogP contribution in [-0.4, -0.2) is 26.2 Å². The number of rotatable bonds is 6. The lowest BCUT2D eigenvalue weighted by Crippen LogP contribution is -2.32. The lowest BCUT2D eigenvalue weighted by Gasteiger charge is -2.15. The first-order chi connectivity index (χ1) is 9.13. The number of nitrogens with two attached hydrogens (primary N) is 1. The maximum absolute atomic E-state index is 12.1. The second kappa shape index (κ2) is 6.76. The molecule has 1 rings (SSSR count). The predicted molar refractivity (Wildman–Crippen MR) is 81.3 cm³/mol. The van der Waals surface area contributed by atoms with Crippen LogP contribution < -0.4 is 10.5 Å². The molecular weight excluding hydrogens is 300 g/mol. The van der Waals surface area contributed by atoms with Crippen molar-refractivity contribution >= 4 is 27.3 Å². The van der Waals surface area contributed by atoms with Crippen LogP contribution in [0.15, 0.2) is 17.0 Å². The minimum atomic E-state index is -3.73. The molecule has 1 aromatic rings. The molecule has 1 aromatic carbocycles. The number of hydrogen-bond donors (Lipinski definition) is 3. The zero-order chi connectivity index (χ0) is 15.5. The summed E-state index contributed by atoms with van der Waals surface area (Å²) in [6, 6.07) is 2.71. The summed E-state index contributed by atoms with van der Waals surface area (Å²) < 4.78 is 26.6. The van der Waals surface area contributed by atoms with Gasteiger partial charge in [-0.15, -0.1) is 0 Å². The van der Waals surface area contributed by atoms with Gasteiger partial charge < -0.3 is 10.8 Å². The van der Waals surface area contributed by atoms with E-state index >= 15 is 0 Å². The van der Waals surface area contributed by atoms with E-state index in [4.69, 9.17) is 17.3 Å². The second-order valence-corrected chi connectivity index (χ2v) is 7.43. The third kappa shape index (κ3) is 4.63. The molecule has 5 nitrogen and oxygen atoms in total. The van der Waals surface area contributed by atoms with Crippen LogP contribution >= 0.6 is 11.6 Å². The molecule has 7 heteroatoms. The minimum absolute atomic E-state index is 0.00217. The Labute approximate surface area is 125 Å². The third-order valence-corrected chi connectivity index (χ3v) is 4.72. The Bertz CT molecular complexity index is 550. The van der Waals surface area contributed by atoms with Crippen molar-refractivity contribution in [2.45, 2.75) is 38.2 Å². The van der Waals surface area contributed by atoms with Gasteiger partial charge in [0.25, 0.3) is 0 Å². The molecule has 20 heavy (non-hydrogen) atoms. The molecule has 0 saturated carbocycles. The fourth-order valence-corrected chi connectivity index (χ4v) is 3.17. The van der Waals surface area contributed by atoms with Crippen molar-refractivity contribution in [3.05, 3.63) is 22.7 Å². The fourth-order valence-electron chi connectivity index (χ4n) is 1.75. The van der Waals surface area contributed by atoms with E-state index in [1.807, 2.05) is 13.8 Å². The standard InChI is InChI=1S/C13H21ClN2O3S/c1-8(2)4-10(17)7-16-20(18,19)11-5-12(14)9(3)13(15)6-11/h5-6,8,10,16-17H,4,7,15H2,1-3H3. The van der Waals surface area contributed by atoms with Crippen LogP contribution in [0.5, 0.6) is 0 Å². The Balaban J connectivity index is 2.84. The molecule has 0 heterocycles. The first kappa shape index (κ1) is 17.2. The highest BCUT2D eigenvalue weighted by Crippen LogP contribution is 2.25. The fraction of sp³-hybridized carbons (Fsp3) is 0.538. The van der Waals surface area contributed by atoms with Crippen molar-refractivity contribution in [3.8, 4) is 0 Å². The van der Waals surface area contributed by atoms with Crippen LogP contribution in [-0.2, 0) is 10.0 Å². The van der Waals surface area contributed by atoms with E-state index in [9.17, 15) is 13.5 Å². The number of benzene rings is 1. The highest BCUT2D eigenvalue weighted by Gasteiger charge is 2.18. The van der Waals surface area contributed by atoms with E-state index in [2.05, 4.69) is 4.72 Å². The average Bonchev–Trinajstić information content (AvgIpc) is 2.32. The molecule has 0 saturated heterocycles. The molecule has 0 amide bonds.